The van der Waals surface area contributed by atoms with Gasteiger partial charge in [-0.2, -0.15) is 0 Å². The van der Waals surface area contributed by atoms with Crippen molar-refractivity contribution in [3.05, 3.63) is 0 Å². The Hall–Kier alpha value is 1.55. The van der Waals surface area contributed by atoms with Gasteiger partial charge in [0.1, 0.15) is 0 Å². The van der Waals surface area contributed by atoms with Gasteiger partial charge >= 0.3 is 51.4 Å². The van der Waals surface area contributed by atoms with E-state index in [2.05, 4.69) is 0 Å². The van der Waals surface area contributed by atoms with Crippen LogP contribution in [0.25, 0.3) is 0 Å². The molecule has 0 N–H and O–H groups in total. The zero-order chi connectivity index (χ0) is 6.91. The Bertz CT molecular complexity index is 181. The van der Waals surface area contributed by atoms with E-state index in [1.54, 1.807) is 0 Å². The van der Waals surface area contributed by atoms with E-state index >= 15 is 0 Å². The molecule has 10 heavy (non-hydrogen) atoms. The maximum absolute atomic E-state index is 10.3. The normalized spacial score (nSPS) is 20.5. The quantitative estimate of drug-likeness (QED) is 0.337. The molecule has 1 aliphatic carbocycles. The van der Waals surface area contributed by atoms with Crippen LogP contribution < -0.4 is 51.4 Å². The maximum Gasteiger partial charge on any atom is 1.00 e. The van der Waals surface area contributed by atoms with Crippen molar-refractivity contribution in [2.45, 2.75) is 30.9 Å². The first-order valence-electron chi connectivity index (χ1n) is 3.05. The molecule has 1 rings (SSSR count). The van der Waals surface area contributed by atoms with Gasteiger partial charge in [0.15, 0.2) is 0 Å². The third-order valence-electron chi connectivity index (χ3n) is 1.71. The van der Waals surface area contributed by atoms with E-state index in [1.807, 2.05) is 0 Å². The van der Waals surface area contributed by atoms with Crippen molar-refractivity contribution in [1.82, 2.24) is 0 Å². The molecule has 0 saturated heterocycles. The number of rotatable bonds is 1. The maximum atomic E-state index is 10.3. The van der Waals surface area contributed by atoms with E-state index in [9.17, 15) is 13.0 Å². The Morgan fingerprint density at radius 2 is 1.60 bits per heavy atom. The van der Waals surface area contributed by atoms with Gasteiger partial charge in [0.05, 0.1) is 10.1 Å². The van der Waals surface area contributed by atoms with Crippen molar-refractivity contribution in [2.24, 2.45) is 0 Å². The van der Waals surface area contributed by atoms with Gasteiger partial charge in [0, 0.05) is 5.25 Å². The largest absolute Gasteiger partial charge is 1.00 e. The Morgan fingerprint density at radius 1 is 1.20 bits per heavy atom. The van der Waals surface area contributed by atoms with Gasteiger partial charge in [-0.25, -0.2) is 8.42 Å². The van der Waals surface area contributed by atoms with Crippen molar-refractivity contribution >= 4 is 10.1 Å². The molecule has 0 aliphatic heterocycles. The molecule has 0 unspecified atom stereocenters. The SMILES string of the molecule is O=S(=O)([O-])C1CCCC1.[K+]. The monoisotopic (exact) mass is 188 g/mol. The zero-order valence-electron chi connectivity index (χ0n) is 6.04. The summed E-state index contributed by atoms with van der Waals surface area (Å²) >= 11 is 0. The molecule has 0 aromatic rings. The Balaban J connectivity index is 0.000000810. The fraction of sp³-hybridized carbons (Fsp3) is 1.00. The summed E-state index contributed by atoms with van der Waals surface area (Å²) in [4.78, 5) is 0. The molecular weight excluding hydrogens is 179 g/mol. The van der Waals surface area contributed by atoms with Crippen molar-refractivity contribution in [2.75, 3.05) is 0 Å². The van der Waals surface area contributed by atoms with Crippen molar-refractivity contribution in [1.29, 1.82) is 0 Å². The van der Waals surface area contributed by atoms with Crippen LogP contribution in [-0.2, 0) is 10.1 Å². The van der Waals surface area contributed by atoms with E-state index in [0.717, 1.165) is 12.8 Å². The summed E-state index contributed by atoms with van der Waals surface area (Å²) in [5.41, 5.74) is 0. The van der Waals surface area contributed by atoms with Gasteiger partial charge in [-0.1, -0.05) is 12.8 Å². The summed E-state index contributed by atoms with van der Waals surface area (Å²) in [6, 6.07) is 0. The first-order chi connectivity index (χ1) is 4.11. The van der Waals surface area contributed by atoms with Crippen LogP contribution >= 0.6 is 0 Å². The second kappa shape index (κ2) is 4.54. The molecule has 0 aromatic carbocycles. The summed E-state index contributed by atoms with van der Waals surface area (Å²) in [7, 11) is -3.95. The zero-order valence-corrected chi connectivity index (χ0v) is 9.98. The van der Waals surface area contributed by atoms with Crippen LogP contribution in [0.5, 0.6) is 0 Å². The predicted molar refractivity (Wildman–Crippen MR) is 32.0 cm³/mol. The predicted octanol–water partition coefficient (Wildman–Crippen LogP) is -2.52. The van der Waals surface area contributed by atoms with E-state index in [1.165, 1.54) is 0 Å². The molecular formula is C5H9KO3S. The first-order valence-corrected chi connectivity index (χ1v) is 4.52. The minimum atomic E-state index is -3.95. The molecule has 0 heterocycles. The van der Waals surface area contributed by atoms with Gasteiger partial charge in [0.25, 0.3) is 0 Å². The van der Waals surface area contributed by atoms with Gasteiger partial charge in [-0.05, 0) is 12.8 Å². The molecule has 1 aliphatic rings. The molecule has 0 aromatic heterocycles. The minimum Gasteiger partial charge on any atom is -0.748 e. The number of hydrogen-bond donors (Lipinski definition) is 0. The standard InChI is InChI=1S/C5H10O3S.K/c6-9(7,8)5-3-1-2-4-5;/h5H,1-4H2,(H,6,7,8);/q;+1/p-1. The summed E-state index contributed by atoms with van der Waals surface area (Å²) in [6.45, 7) is 0. The molecule has 5 heteroatoms. The van der Waals surface area contributed by atoms with Crippen LogP contribution in [-0.4, -0.2) is 18.2 Å². The van der Waals surface area contributed by atoms with Crippen LogP contribution in [0.4, 0.5) is 0 Å². The van der Waals surface area contributed by atoms with Crippen LogP contribution in [0.15, 0.2) is 0 Å². The summed E-state index contributed by atoms with van der Waals surface area (Å²) in [5, 5.41) is -0.572. The summed E-state index contributed by atoms with van der Waals surface area (Å²) < 4.78 is 30.8. The first kappa shape index (κ1) is 11.5. The fourth-order valence-corrected chi connectivity index (χ4v) is 2.09. The third-order valence-corrected chi connectivity index (χ3v) is 3.00. The van der Waals surface area contributed by atoms with Crippen LogP contribution in [0, 0.1) is 0 Å². The molecule has 54 valence electrons. The molecule has 0 bridgehead atoms. The van der Waals surface area contributed by atoms with Crippen LogP contribution in [0.2, 0.25) is 0 Å². The third kappa shape index (κ3) is 3.30. The average Bonchev–Trinajstić information content (AvgIpc) is 2.08. The van der Waals surface area contributed by atoms with Gasteiger partial charge in [-0.15, -0.1) is 0 Å². The van der Waals surface area contributed by atoms with Gasteiger partial charge in [-0.3, -0.25) is 0 Å². The molecule has 3 nitrogen and oxygen atoms in total. The van der Waals surface area contributed by atoms with Gasteiger partial charge in [0.2, 0.25) is 0 Å². The van der Waals surface area contributed by atoms with Crippen molar-refractivity contribution in [3.8, 4) is 0 Å². The second-order valence-corrected chi connectivity index (χ2v) is 4.05. The molecule has 1 fully saturated rings. The Morgan fingerprint density at radius 3 is 1.80 bits per heavy atom. The number of hydrogen-bond acceptors (Lipinski definition) is 3. The minimum absolute atomic E-state index is 0. The van der Waals surface area contributed by atoms with E-state index in [4.69, 9.17) is 0 Å². The van der Waals surface area contributed by atoms with Crippen LogP contribution in [0.3, 0.4) is 0 Å². The molecule has 0 radical (unpaired) electrons. The topological polar surface area (TPSA) is 57.2 Å². The van der Waals surface area contributed by atoms with Crippen molar-refractivity contribution < 1.29 is 64.4 Å². The molecule has 0 amide bonds. The Kier molecular flexibility index (Phi) is 5.24. The molecule has 0 spiro atoms. The molecule has 1 saturated carbocycles. The average molecular weight is 188 g/mol. The second-order valence-electron chi connectivity index (χ2n) is 2.40. The van der Waals surface area contributed by atoms with Gasteiger partial charge < -0.3 is 4.55 Å². The smallest absolute Gasteiger partial charge is 0.748 e. The van der Waals surface area contributed by atoms with Crippen LogP contribution in [0.1, 0.15) is 25.7 Å². The fourth-order valence-electron chi connectivity index (χ4n) is 1.18. The summed E-state index contributed by atoms with van der Waals surface area (Å²) in [5.74, 6) is 0. The van der Waals surface area contributed by atoms with E-state index in [0.29, 0.717) is 12.8 Å². The van der Waals surface area contributed by atoms with E-state index in [-0.39, 0.29) is 51.4 Å². The summed E-state index contributed by atoms with van der Waals surface area (Å²) in [6.07, 6.45) is 2.94. The van der Waals surface area contributed by atoms with E-state index < -0.39 is 15.4 Å². The molecule has 0 atom stereocenters. The Labute approximate surface area is 104 Å². The van der Waals surface area contributed by atoms with Crippen molar-refractivity contribution in [3.63, 3.8) is 0 Å².